The summed E-state index contributed by atoms with van der Waals surface area (Å²) >= 11 is 0. The number of nitrogens with two attached hydrogens (primary N) is 1. The number of benzene rings is 1. The molecule has 0 aliphatic carbocycles. The number of hydrogen-bond donors (Lipinski definition) is 1. The Morgan fingerprint density at radius 2 is 2.10 bits per heavy atom. The lowest BCUT2D eigenvalue weighted by Crippen LogP contribution is -2.40. The fourth-order valence-electron chi connectivity index (χ4n) is 2.52. The Kier molecular flexibility index (Phi) is 3.64. The van der Waals surface area contributed by atoms with E-state index in [2.05, 4.69) is 15.2 Å². The Labute approximate surface area is 117 Å². The van der Waals surface area contributed by atoms with Gasteiger partial charge in [-0.25, -0.2) is 9.07 Å². The molecule has 1 radical (unpaired) electrons. The highest BCUT2D eigenvalue weighted by atomic mass is 19.1. The monoisotopic (exact) mass is 274 g/mol. The number of hydrogen-bond acceptors (Lipinski definition) is 4. The standard InChI is InChI=1S/C14H17FN5/c15-13-3-1-2-11(10-20-9-6-17-18-20)14(13)19-7-4-12(16)5-8-19/h1-3,6,9-10,12H,4-5,7-8,16H2. The van der Waals surface area contributed by atoms with Crippen LogP contribution in [0.15, 0.2) is 30.6 Å². The molecule has 0 saturated carbocycles. The third kappa shape index (κ3) is 2.65. The van der Waals surface area contributed by atoms with Crippen LogP contribution in [-0.2, 0) is 0 Å². The summed E-state index contributed by atoms with van der Waals surface area (Å²) in [5.41, 5.74) is 7.33. The minimum absolute atomic E-state index is 0.214. The molecule has 6 heteroatoms. The summed E-state index contributed by atoms with van der Waals surface area (Å²) in [6.45, 7) is 3.33. The van der Waals surface area contributed by atoms with Crippen LogP contribution in [0, 0.1) is 12.4 Å². The lowest BCUT2D eigenvalue weighted by Gasteiger charge is -2.33. The molecule has 1 aromatic heterocycles. The van der Waals surface area contributed by atoms with Crippen molar-refractivity contribution in [3.8, 4) is 0 Å². The van der Waals surface area contributed by atoms with Gasteiger partial charge in [-0.15, -0.1) is 5.10 Å². The normalized spacial score (nSPS) is 16.6. The predicted octanol–water partition coefficient (Wildman–Crippen LogP) is 1.40. The quantitative estimate of drug-likeness (QED) is 0.919. The maximum Gasteiger partial charge on any atom is 0.146 e. The van der Waals surface area contributed by atoms with Crippen molar-refractivity contribution in [1.82, 2.24) is 15.0 Å². The summed E-state index contributed by atoms with van der Waals surface area (Å²) in [6, 6.07) is 5.30. The van der Waals surface area contributed by atoms with E-state index in [1.807, 2.05) is 6.07 Å². The second-order valence-electron chi connectivity index (χ2n) is 5.01. The number of rotatable bonds is 3. The lowest BCUT2D eigenvalue weighted by molar-refractivity contribution is 0.493. The van der Waals surface area contributed by atoms with Crippen LogP contribution >= 0.6 is 0 Å². The van der Waals surface area contributed by atoms with Crippen molar-refractivity contribution in [2.75, 3.05) is 18.0 Å². The van der Waals surface area contributed by atoms with Crippen molar-refractivity contribution in [1.29, 1.82) is 0 Å². The zero-order valence-corrected chi connectivity index (χ0v) is 11.1. The van der Waals surface area contributed by atoms with Gasteiger partial charge in [-0.3, -0.25) is 0 Å². The molecule has 0 atom stereocenters. The molecule has 5 nitrogen and oxygen atoms in total. The van der Waals surface area contributed by atoms with Gasteiger partial charge in [-0.2, -0.15) is 0 Å². The van der Waals surface area contributed by atoms with Crippen LogP contribution in [0.5, 0.6) is 0 Å². The fraction of sp³-hybridized carbons (Fsp3) is 0.357. The Morgan fingerprint density at radius 3 is 2.80 bits per heavy atom. The molecule has 105 valence electrons. The van der Waals surface area contributed by atoms with Gasteiger partial charge in [0.1, 0.15) is 12.4 Å². The fourth-order valence-corrected chi connectivity index (χ4v) is 2.52. The number of nitrogens with zero attached hydrogens (tertiary/aromatic N) is 4. The highest BCUT2D eigenvalue weighted by molar-refractivity contribution is 5.58. The Hall–Kier alpha value is -1.95. The Morgan fingerprint density at radius 1 is 1.30 bits per heavy atom. The smallest absolute Gasteiger partial charge is 0.146 e. The van der Waals surface area contributed by atoms with Gasteiger partial charge in [0, 0.05) is 30.9 Å². The number of halogens is 1. The molecule has 2 aromatic rings. The van der Waals surface area contributed by atoms with Gasteiger partial charge in [0.25, 0.3) is 0 Å². The maximum atomic E-state index is 14.2. The Balaban J connectivity index is 1.88. The summed E-state index contributed by atoms with van der Waals surface area (Å²) in [5.74, 6) is -0.214. The summed E-state index contributed by atoms with van der Waals surface area (Å²) < 4.78 is 15.8. The van der Waals surface area contributed by atoms with E-state index in [1.54, 1.807) is 29.7 Å². The van der Waals surface area contributed by atoms with Crippen LogP contribution in [0.1, 0.15) is 18.4 Å². The first kappa shape index (κ1) is 13.1. The molecule has 0 spiro atoms. The minimum Gasteiger partial charge on any atom is -0.369 e. The lowest BCUT2D eigenvalue weighted by atomic mass is 10.0. The van der Waals surface area contributed by atoms with E-state index >= 15 is 0 Å². The van der Waals surface area contributed by atoms with Gasteiger partial charge in [0.15, 0.2) is 0 Å². The molecule has 1 saturated heterocycles. The largest absolute Gasteiger partial charge is 0.369 e. The highest BCUT2D eigenvalue weighted by Crippen LogP contribution is 2.28. The third-order valence-electron chi connectivity index (χ3n) is 3.59. The first-order valence-electron chi connectivity index (χ1n) is 6.74. The maximum absolute atomic E-state index is 14.2. The average Bonchev–Trinajstić information content (AvgIpc) is 2.94. The molecule has 0 unspecified atom stereocenters. The van der Waals surface area contributed by atoms with Crippen LogP contribution in [0.4, 0.5) is 10.1 Å². The third-order valence-corrected chi connectivity index (χ3v) is 3.59. The molecule has 1 aliphatic heterocycles. The van der Waals surface area contributed by atoms with Crippen molar-refractivity contribution in [2.24, 2.45) is 5.73 Å². The van der Waals surface area contributed by atoms with Crippen molar-refractivity contribution in [3.63, 3.8) is 0 Å². The molecule has 1 fully saturated rings. The van der Waals surface area contributed by atoms with Gasteiger partial charge in [-0.05, 0) is 18.9 Å². The van der Waals surface area contributed by atoms with Gasteiger partial charge in [0.2, 0.25) is 0 Å². The zero-order chi connectivity index (χ0) is 13.9. The van der Waals surface area contributed by atoms with Crippen molar-refractivity contribution >= 4 is 5.69 Å². The molecule has 1 aliphatic rings. The van der Waals surface area contributed by atoms with E-state index in [4.69, 9.17) is 5.73 Å². The van der Waals surface area contributed by atoms with Gasteiger partial charge < -0.3 is 10.6 Å². The summed E-state index contributed by atoms with van der Waals surface area (Å²) in [4.78, 5) is 2.06. The molecule has 3 rings (SSSR count). The topological polar surface area (TPSA) is 60.0 Å². The first-order valence-corrected chi connectivity index (χ1v) is 6.74. The second kappa shape index (κ2) is 5.58. The van der Waals surface area contributed by atoms with E-state index in [1.165, 1.54) is 6.07 Å². The van der Waals surface area contributed by atoms with E-state index < -0.39 is 0 Å². The molecule has 1 aromatic carbocycles. The van der Waals surface area contributed by atoms with E-state index in [9.17, 15) is 4.39 Å². The van der Waals surface area contributed by atoms with Crippen LogP contribution in [0.3, 0.4) is 0 Å². The number of para-hydroxylation sites is 1. The SMILES string of the molecule is NC1CCN(c2c(F)cccc2[CH]n2ccnn2)CC1. The summed E-state index contributed by atoms with van der Waals surface area (Å²) in [5, 5.41) is 7.64. The van der Waals surface area contributed by atoms with Crippen molar-refractivity contribution < 1.29 is 4.39 Å². The molecule has 20 heavy (non-hydrogen) atoms. The van der Waals surface area contributed by atoms with E-state index in [-0.39, 0.29) is 11.9 Å². The number of piperidine rings is 1. The molecule has 2 N–H and O–H groups in total. The molecular formula is C14H17FN5. The summed E-state index contributed by atoms with van der Waals surface area (Å²) in [7, 11) is 0. The van der Waals surface area contributed by atoms with Crippen LogP contribution < -0.4 is 10.6 Å². The molecule has 2 heterocycles. The van der Waals surface area contributed by atoms with E-state index in [0.717, 1.165) is 31.5 Å². The molecular weight excluding hydrogens is 257 g/mol. The van der Waals surface area contributed by atoms with Gasteiger partial charge >= 0.3 is 0 Å². The van der Waals surface area contributed by atoms with Crippen molar-refractivity contribution in [2.45, 2.75) is 18.9 Å². The van der Waals surface area contributed by atoms with Crippen LogP contribution in [0.25, 0.3) is 0 Å². The number of aromatic nitrogens is 3. The Bertz CT molecular complexity index is 561. The second-order valence-corrected chi connectivity index (χ2v) is 5.01. The first-order chi connectivity index (χ1) is 9.74. The van der Waals surface area contributed by atoms with E-state index in [0.29, 0.717) is 5.69 Å². The van der Waals surface area contributed by atoms with Gasteiger partial charge in [-0.1, -0.05) is 17.3 Å². The van der Waals surface area contributed by atoms with Crippen LogP contribution in [-0.4, -0.2) is 34.1 Å². The molecule has 0 amide bonds. The number of anilines is 1. The average molecular weight is 274 g/mol. The minimum atomic E-state index is -0.214. The highest BCUT2D eigenvalue weighted by Gasteiger charge is 2.21. The predicted molar refractivity (Wildman–Crippen MR) is 74.6 cm³/mol. The molecule has 0 bridgehead atoms. The van der Waals surface area contributed by atoms with Crippen LogP contribution in [0.2, 0.25) is 0 Å². The zero-order valence-electron chi connectivity index (χ0n) is 11.1. The van der Waals surface area contributed by atoms with Gasteiger partial charge in [0.05, 0.1) is 11.9 Å². The summed E-state index contributed by atoms with van der Waals surface area (Å²) in [6.07, 6.45) is 5.09. The van der Waals surface area contributed by atoms with Crippen molar-refractivity contribution in [3.05, 3.63) is 48.5 Å².